The van der Waals surface area contributed by atoms with E-state index in [0.717, 1.165) is 26.8 Å². The topological polar surface area (TPSA) is 44.1 Å². The van der Waals surface area contributed by atoms with Crippen molar-refractivity contribution in [3.05, 3.63) is 44.1 Å². The fraction of sp³-hybridized carbons (Fsp3) is 0.333. The van der Waals surface area contributed by atoms with Gasteiger partial charge in [0.25, 0.3) is 0 Å². The zero-order valence-electron chi connectivity index (χ0n) is 12.1. The third-order valence-electron chi connectivity index (χ3n) is 3.30. The molecule has 0 atom stereocenters. The molecule has 0 saturated heterocycles. The molecule has 0 bridgehead atoms. The summed E-state index contributed by atoms with van der Waals surface area (Å²) in [6.45, 7) is 2.04. The van der Waals surface area contributed by atoms with Gasteiger partial charge in [-0.15, -0.1) is 0 Å². The molecule has 0 fully saturated rings. The number of hydrogen-bond donors (Lipinski definition) is 0. The van der Waals surface area contributed by atoms with Crippen LogP contribution < -0.4 is 4.74 Å². The fourth-order valence-corrected chi connectivity index (χ4v) is 3.40. The summed E-state index contributed by atoms with van der Waals surface area (Å²) in [6.07, 6.45) is 1.14. The second-order valence-corrected chi connectivity index (χ2v) is 6.28. The molecule has 0 aliphatic carbocycles. The Hall–Kier alpha value is -1.14. The maximum atomic E-state index is 12.4. The Morgan fingerprint density at radius 3 is 2.62 bits per heavy atom. The fourth-order valence-electron chi connectivity index (χ4n) is 2.11. The number of Topliss-reactive ketones (excluding diaryl/α,β-unsaturated/α-hetero) is 1. The minimum absolute atomic E-state index is 0.0460. The van der Waals surface area contributed by atoms with Crippen LogP contribution in [-0.4, -0.2) is 22.7 Å². The van der Waals surface area contributed by atoms with Gasteiger partial charge in [0.05, 0.1) is 33.9 Å². The van der Waals surface area contributed by atoms with E-state index in [2.05, 4.69) is 37.0 Å². The van der Waals surface area contributed by atoms with Crippen LogP contribution in [0.2, 0.25) is 0 Å². The Balaban J connectivity index is 2.26. The van der Waals surface area contributed by atoms with Crippen LogP contribution in [0.25, 0.3) is 0 Å². The summed E-state index contributed by atoms with van der Waals surface area (Å²) in [5, 5.41) is 4.41. The summed E-state index contributed by atoms with van der Waals surface area (Å²) in [7, 11) is 3.46. The van der Waals surface area contributed by atoms with E-state index in [9.17, 15) is 4.79 Å². The molecule has 0 radical (unpaired) electrons. The first kappa shape index (κ1) is 16.2. The summed E-state index contributed by atoms with van der Waals surface area (Å²) < 4.78 is 8.63. The minimum atomic E-state index is 0.0460. The number of methoxy groups -OCH3 is 1. The Bertz CT molecular complexity index is 681. The number of aryl methyl sites for hydroxylation is 2. The smallest absolute Gasteiger partial charge is 0.168 e. The van der Waals surface area contributed by atoms with Gasteiger partial charge >= 0.3 is 0 Å². The van der Waals surface area contributed by atoms with Crippen molar-refractivity contribution in [1.82, 2.24) is 9.78 Å². The highest BCUT2D eigenvalue weighted by atomic mass is 79.9. The van der Waals surface area contributed by atoms with Gasteiger partial charge in [-0.05, 0) is 56.5 Å². The van der Waals surface area contributed by atoms with Crippen molar-refractivity contribution in [1.29, 1.82) is 0 Å². The number of halogens is 2. The van der Waals surface area contributed by atoms with Crippen LogP contribution in [0, 0.1) is 0 Å². The van der Waals surface area contributed by atoms with Crippen LogP contribution in [0.4, 0.5) is 0 Å². The zero-order chi connectivity index (χ0) is 15.6. The second kappa shape index (κ2) is 6.75. The molecule has 0 unspecified atom stereocenters. The molecule has 0 saturated carbocycles. The van der Waals surface area contributed by atoms with E-state index < -0.39 is 0 Å². The number of benzene rings is 1. The van der Waals surface area contributed by atoms with E-state index in [-0.39, 0.29) is 5.78 Å². The van der Waals surface area contributed by atoms with Gasteiger partial charge in [0.15, 0.2) is 5.78 Å². The largest absolute Gasteiger partial charge is 0.496 e. The van der Waals surface area contributed by atoms with Crippen LogP contribution in [-0.2, 0) is 19.9 Å². The third-order valence-corrected chi connectivity index (χ3v) is 4.84. The minimum Gasteiger partial charge on any atom is -0.496 e. The molecule has 0 spiro atoms. The summed E-state index contributed by atoms with van der Waals surface area (Å²) in [6, 6.07) is 5.34. The summed E-state index contributed by atoms with van der Waals surface area (Å²) in [5.41, 5.74) is 2.51. The van der Waals surface area contributed by atoms with Crippen molar-refractivity contribution in [2.45, 2.75) is 19.8 Å². The number of aromatic nitrogens is 2. The number of carbonyl (C=O) groups excluding carboxylic acids is 1. The number of ketones is 1. The highest BCUT2D eigenvalue weighted by molar-refractivity contribution is 9.10. The molecule has 21 heavy (non-hydrogen) atoms. The lowest BCUT2D eigenvalue weighted by molar-refractivity contribution is 0.0990. The van der Waals surface area contributed by atoms with Gasteiger partial charge < -0.3 is 4.74 Å². The zero-order valence-corrected chi connectivity index (χ0v) is 15.3. The van der Waals surface area contributed by atoms with Crippen LogP contribution in [0.3, 0.4) is 0 Å². The molecule has 112 valence electrons. The van der Waals surface area contributed by atoms with Crippen molar-refractivity contribution in [3.8, 4) is 5.75 Å². The first-order valence-corrected chi connectivity index (χ1v) is 8.13. The molecule has 4 nitrogen and oxygen atoms in total. The van der Waals surface area contributed by atoms with Gasteiger partial charge in [0.1, 0.15) is 5.75 Å². The molecule has 1 aromatic carbocycles. The van der Waals surface area contributed by atoms with Gasteiger partial charge in [-0.1, -0.05) is 6.92 Å². The molecule has 0 aliphatic rings. The van der Waals surface area contributed by atoms with Gasteiger partial charge in [0.2, 0.25) is 0 Å². The lowest BCUT2D eigenvalue weighted by Gasteiger charge is -2.06. The number of rotatable bonds is 5. The molecule has 6 heteroatoms. The third kappa shape index (κ3) is 3.37. The van der Waals surface area contributed by atoms with Crippen LogP contribution in [0.15, 0.2) is 27.1 Å². The van der Waals surface area contributed by atoms with E-state index in [4.69, 9.17) is 4.74 Å². The van der Waals surface area contributed by atoms with E-state index in [0.29, 0.717) is 17.7 Å². The molecule has 2 rings (SSSR count). The molecule has 0 N–H and O–H groups in total. The van der Waals surface area contributed by atoms with E-state index in [1.54, 1.807) is 30.0 Å². The van der Waals surface area contributed by atoms with Crippen LogP contribution >= 0.6 is 31.9 Å². The van der Waals surface area contributed by atoms with Gasteiger partial charge in [0, 0.05) is 12.6 Å². The van der Waals surface area contributed by atoms with Crippen molar-refractivity contribution in [2.24, 2.45) is 7.05 Å². The standard InChI is InChI=1S/C15H16Br2N2O2/c1-4-11-15(17)12(19(2)18-11)8-13(20)9-5-6-14(21-3)10(16)7-9/h5-7H,4,8H2,1-3H3. The summed E-state index contributed by atoms with van der Waals surface area (Å²) >= 11 is 6.94. The highest BCUT2D eigenvalue weighted by Crippen LogP contribution is 2.27. The van der Waals surface area contributed by atoms with Crippen molar-refractivity contribution in [2.75, 3.05) is 7.11 Å². The number of carbonyl (C=O) groups is 1. The van der Waals surface area contributed by atoms with E-state index in [1.807, 2.05) is 14.0 Å². The average molecular weight is 416 g/mol. The Morgan fingerprint density at radius 2 is 2.10 bits per heavy atom. The van der Waals surface area contributed by atoms with Crippen LogP contribution in [0.5, 0.6) is 5.75 Å². The van der Waals surface area contributed by atoms with E-state index in [1.165, 1.54) is 0 Å². The molecular formula is C15H16Br2N2O2. The molecule has 0 aliphatic heterocycles. The first-order chi connectivity index (χ1) is 9.97. The predicted octanol–water partition coefficient (Wildman–Crippen LogP) is 3.94. The lowest BCUT2D eigenvalue weighted by Crippen LogP contribution is -2.08. The Labute approximate surface area is 140 Å². The number of ether oxygens (including phenoxy) is 1. The number of hydrogen-bond acceptors (Lipinski definition) is 3. The van der Waals surface area contributed by atoms with Crippen molar-refractivity contribution < 1.29 is 9.53 Å². The van der Waals surface area contributed by atoms with Gasteiger partial charge in [-0.3, -0.25) is 9.48 Å². The predicted molar refractivity (Wildman–Crippen MR) is 89.0 cm³/mol. The Kier molecular flexibility index (Phi) is 5.22. The highest BCUT2D eigenvalue weighted by Gasteiger charge is 2.17. The summed E-state index contributed by atoms with van der Waals surface area (Å²) in [4.78, 5) is 12.4. The van der Waals surface area contributed by atoms with Gasteiger partial charge in [-0.2, -0.15) is 5.10 Å². The van der Waals surface area contributed by atoms with Gasteiger partial charge in [-0.25, -0.2) is 0 Å². The maximum absolute atomic E-state index is 12.4. The molecule has 2 aromatic rings. The average Bonchev–Trinajstić information content (AvgIpc) is 2.74. The molecule has 0 amide bonds. The molecule has 1 heterocycles. The molecule has 1 aromatic heterocycles. The quantitative estimate of drug-likeness (QED) is 0.694. The van der Waals surface area contributed by atoms with E-state index >= 15 is 0 Å². The number of nitrogens with zero attached hydrogens (tertiary/aromatic N) is 2. The normalized spacial score (nSPS) is 10.7. The van der Waals surface area contributed by atoms with Crippen molar-refractivity contribution >= 4 is 37.6 Å². The maximum Gasteiger partial charge on any atom is 0.168 e. The lowest BCUT2D eigenvalue weighted by atomic mass is 10.1. The second-order valence-electron chi connectivity index (χ2n) is 4.63. The Morgan fingerprint density at radius 1 is 1.38 bits per heavy atom. The van der Waals surface area contributed by atoms with Crippen LogP contribution in [0.1, 0.15) is 28.7 Å². The monoisotopic (exact) mass is 414 g/mol. The first-order valence-electron chi connectivity index (χ1n) is 6.54. The molecular weight excluding hydrogens is 400 g/mol. The summed E-state index contributed by atoms with van der Waals surface area (Å²) in [5.74, 6) is 0.756. The SMILES string of the molecule is CCc1nn(C)c(CC(=O)c2ccc(OC)c(Br)c2)c1Br. The van der Waals surface area contributed by atoms with Crippen molar-refractivity contribution in [3.63, 3.8) is 0 Å².